The molecule has 7 nitrogen and oxygen atoms in total. The van der Waals surface area contributed by atoms with Crippen LogP contribution in [0.2, 0.25) is 0 Å². The van der Waals surface area contributed by atoms with E-state index in [0.29, 0.717) is 17.4 Å². The van der Waals surface area contributed by atoms with Gasteiger partial charge in [0.05, 0.1) is 5.56 Å². The van der Waals surface area contributed by atoms with Gasteiger partial charge in [0.25, 0.3) is 5.91 Å². The van der Waals surface area contributed by atoms with Gasteiger partial charge in [0.15, 0.2) is 0 Å². The van der Waals surface area contributed by atoms with Crippen molar-refractivity contribution in [2.75, 3.05) is 7.05 Å². The van der Waals surface area contributed by atoms with Crippen molar-refractivity contribution in [2.45, 2.75) is 45.3 Å². The average Bonchev–Trinajstić information content (AvgIpc) is 2.56. The Bertz CT molecular complexity index is 632. The molecule has 0 aliphatic rings. The van der Waals surface area contributed by atoms with Crippen LogP contribution in [-0.4, -0.2) is 42.8 Å². The third-order valence-corrected chi connectivity index (χ3v) is 3.22. The van der Waals surface area contributed by atoms with Gasteiger partial charge >= 0.3 is 5.97 Å². The van der Waals surface area contributed by atoms with Gasteiger partial charge in [0, 0.05) is 19.0 Å². The second-order valence-corrected chi connectivity index (χ2v) is 6.46. The fraction of sp³-hybridized carbons (Fsp3) is 0.444. The lowest BCUT2D eigenvalue weighted by molar-refractivity contribution is -0.122. The first-order valence-electron chi connectivity index (χ1n) is 7.97. The highest BCUT2D eigenvalue weighted by atomic mass is 16.6. The number of ether oxygens (including phenoxy) is 1. The van der Waals surface area contributed by atoms with E-state index in [1.807, 2.05) is 0 Å². The molecule has 1 aromatic carbocycles. The Morgan fingerprint density at radius 3 is 2.16 bits per heavy atom. The van der Waals surface area contributed by atoms with Crippen molar-refractivity contribution in [3.05, 3.63) is 35.4 Å². The minimum Gasteiger partial charge on any atom is -0.456 e. The molecule has 1 aromatic rings. The van der Waals surface area contributed by atoms with Crippen LogP contribution in [-0.2, 0) is 14.3 Å². The highest BCUT2D eigenvalue weighted by Crippen LogP contribution is 2.13. The minimum atomic E-state index is -0.798. The molecule has 1 rings (SSSR count). The lowest BCUT2D eigenvalue weighted by Crippen LogP contribution is -2.45. The first-order chi connectivity index (χ1) is 11.7. The van der Waals surface area contributed by atoms with E-state index in [9.17, 15) is 19.2 Å². The van der Waals surface area contributed by atoms with Gasteiger partial charge in [-0.05, 0) is 51.5 Å². The van der Waals surface area contributed by atoms with Crippen LogP contribution in [0.3, 0.4) is 0 Å². The average molecular weight is 348 g/mol. The fourth-order valence-corrected chi connectivity index (χ4v) is 2.01. The minimum absolute atomic E-state index is 0.163. The normalized spacial score (nSPS) is 12.0. The summed E-state index contributed by atoms with van der Waals surface area (Å²) in [7, 11) is 1.46. The van der Waals surface area contributed by atoms with Crippen molar-refractivity contribution in [2.24, 2.45) is 0 Å². The largest absolute Gasteiger partial charge is 0.456 e. The van der Waals surface area contributed by atoms with Crippen molar-refractivity contribution in [3.63, 3.8) is 0 Å². The first kappa shape index (κ1) is 20.3. The van der Waals surface area contributed by atoms with Crippen LogP contribution < -0.4 is 10.6 Å². The smallest absolute Gasteiger partial charge is 0.338 e. The Morgan fingerprint density at radius 1 is 1.12 bits per heavy atom. The van der Waals surface area contributed by atoms with E-state index in [0.717, 1.165) is 0 Å². The highest BCUT2D eigenvalue weighted by molar-refractivity contribution is 5.98. The molecule has 0 aliphatic heterocycles. The van der Waals surface area contributed by atoms with Gasteiger partial charge in [-0.15, -0.1) is 0 Å². The van der Waals surface area contributed by atoms with Crippen LogP contribution in [0.5, 0.6) is 0 Å². The summed E-state index contributed by atoms with van der Waals surface area (Å²) in [6, 6.07) is 5.14. The van der Waals surface area contributed by atoms with E-state index in [1.54, 1.807) is 20.8 Å². The summed E-state index contributed by atoms with van der Waals surface area (Å²) in [6.07, 6.45) is 1.07. The summed E-state index contributed by atoms with van der Waals surface area (Å²) in [6.45, 7) is 5.31. The van der Waals surface area contributed by atoms with Gasteiger partial charge in [0.2, 0.25) is 5.91 Å². The SMILES string of the molecule is CNC(=O)C(CCC=O)NC(=O)c1ccc(C(=O)OC(C)(C)C)cc1. The Balaban J connectivity index is 2.79. The van der Waals surface area contributed by atoms with E-state index in [1.165, 1.54) is 31.3 Å². The fourth-order valence-electron chi connectivity index (χ4n) is 2.01. The summed E-state index contributed by atoms with van der Waals surface area (Å²) >= 11 is 0. The number of carbonyl (C=O) groups is 4. The van der Waals surface area contributed by atoms with Crippen molar-refractivity contribution in [1.29, 1.82) is 0 Å². The van der Waals surface area contributed by atoms with Gasteiger partial charge in [-0.25, -0.2) is 4.79 Å². The Kier molecular flexibility index (Phi) is 7.29. The Morgan fingerprint density at radius 2 is 1.68 bits per heavy atom. The van der Waals surface area contributed by atoms with Crippen LogP contribution >= 0.6 is 0 Å². The Hall–Kier alpha value is -2.70. The standard InChI is InChI=1S/C18H24N2O5/c1-18(2,3)25-17(24)13-9-7-12(8-10-13)15(22)20-14(6-5-11-21)16(23)19-4/h7-11,14H,5-6H2,1-4H3,(H,19,23)(H,20,22). The van der Waals surface area contributed by atoms with Gasteiger partial charge in [-0.2, -0.15) is 0 Å². The number of rotatable bonds is 7. The first-order valence-corrected chi connectivity index (χ1v) is 7.97. The van der Waals surface area contributed by atoms with Crippen molar-refractivity contribution in [1.82, 2.24) is 10.6 Å². The van der Waals surface area contributed by atoms with Crippen LogP contribution in [0.4, 0.5) is 0 Å². The number of likely N-dealkylation sites (N-methyl/N-ethyl adjacent to an activating group) is 1. The van der Waals surface area contributed by atoms with Crippen LogP contribution in [0.1, 0.15) is 54.3 Å². The number of carbonyl (C=O) groups excluding carboxylic acids is 4. The highest BCUT2D eigenvalue weighted by Gasteiger charge is 2.21. The number of benzene rings is 1. The summed E-state index contributed by atoms with van der Waals surface area (Å²) in [5.74, 6) is -1.32. The lowest BCUT2D eigenvalue weighted by atomic mass is 10.1. The second-order valence-electron chi connectivity index (χ2n) is 6.46. The van der Waals surface area contributed by atoms with Crippen LogP contribution in [0.25, 0.3) is 0 Å². The van der Waals surface area contributed by atoms with E-state index in [2.05, 4.69) is 10.6 Å². The molecule has 0 heterocycles. The molecule has 0 fully saturated rings. The molecule has 0 saturated carbocycles. The molecule has 25 heavy (non-hydrogen) atoms. The topological polar surface area (TPSA) is 102 Å². The molecule has 2 amide bonds. The molecule has 136 valence electrons. The van der Waals surface area contributed by atoms with E-state index in [4.69, 9.17) is 4.74 Å². The zero-order valence-electron chi connectivity index (χ0n) is 14.9. The van der Waals surface area contributed by atoms with Gasteiger partial charge in [-0.3, -0.25) is 9.59 Å². The van der Waals surface area contributed by atoms with E-state index < -0.39 is 23.5 Å². The molecular weight excluding hydrogens is 324 g/mol. The summed E-state index contributed by atoms with van der Waals surface area (Å²) in [4.78, 5) is 46.5. The van der Waals surface area contributed by atoms with Crippen molar-refractivity contribution >= 4 is 24.1 Å². The predicted octanol–water partition coefficient (Wildman–Crippen LogP) is 1.47. The zero-order chi connectivity index (χ0) is 19.0. The molecule has 0 saturated heterocycles. The molecule has 0 bridgehead atoms. The molecule has 0 spiro atoms. The number of hydrogen-bond acceptors (Lipinski definition) is 5. The molecular formula is C18H24N2O5. The maximum atomic E-state index is 12.3. The van der Waals surface area contributed by atoms with E-state index in [-0.39, 0.29) is 18.7 Å². The molecule has 1 unspecified atom stereocenters. The van der Waals surface area contributed by atoms with Crippen LogP contribution in [0.15, 0.2) is 24.3 Å². The zero-order valence-corrected chi connectivity index (χ0v) is 14.9. The quantitative estimate of drug-likeness (QED) is 0.574. The number of esters is 1. The molecule has 0 aromatic heterocycles. The van der Waals surface area contributed by atoms with Crippen molar-refractivity contribution in [3.8, 4) is 0 Å². The van der Waals surface area contributed by atoms with Gasteiger partial charge in [0.1, 0.15) is 17.9 Å². The van der Waals surface area contributed by atoms with Gasteiger partial charge < -0.3 is 20.2 Å². The molecule has 7 heteroatoms. The predicted molar refractivity (Wildman–Crippen MR) is 92.2 cm³/mol. The second kappa shape index (κ2) is 8.96. The number of amides is 2. The van der Waals surface area contributed by atoms with Gasteiger partial charge in [-0.1, -0.05) is 0 Å². The van der Waals surface area contributed by atoms with Crippen molar-refractivity contribution < 1.29 is 23.9 Å². The molecule has 0 radical (unpaired) electrons. The molecule has 2 N–H and O–H groups in total. The third kappa shape index (κ3) is 6.74. The van der Waals surface area contributed by atoms with Crippen LogP contribution in [0, 0.1) is 0 Å². The summed E-state index contributed by atoms with van der Waals surface area (Å²) in [5, 5.41) is 5.03. The third-order valence-electron chi connectivity index (χ3n) is 3.22. The summed E-state index contributed by atoms with van der Waals surface area (Å²) in [5.41, 5.74) is 0.0227. The Labute approximate surface area is 147 Å². The number of aldehydes is 1. The number of nitrogens with one attached hydrogen (secondary N) is 2. The maximum Gasteiger partial charge on any atom is 0.338 e. The molecule has 1 atom stereocenters. The molecule has 0 aliphatic carbocycles. The summed E-state index contributed by atoms with van der Waals surface area (Å²) < 4.78 is 5.25. The van der Waals surface area contributed by atoms with E-state index >= 15 is 0 Å². The maximum absolute atomic E-state index is 12.3. The number of hydrogen-bond donors (Lipinski definition) is 2. The lowest BCUT2D eigenvalue weighted by Gasteiger charge is -2.19. The monoisotopic (exact) mass is 348 g/mol.